The molecular formula is C29H31NO6. The molecule has 3 aromatic carbocycles. The van der Waals surface area contributed by atoms with Gasteiger partial charge in [-0.25, -0.2) is 0 Å². The Kier molecular flexibility index (Phi) is 10.1. The monoisotopic (exact) mass is 489 g/mol. The smallest absolute Gasteiger partial charge is 0.307 e. The van der Waals surface area contributed by atoms with Crippen molar-refractivity contribution in [1.29, 1.82) is 0 Å². The van der Waals surface area contributed by atoms with Gasteiger partial charge >= 0.3 is 5.97 Å². The molecule has 1 atom stereocenters. The van der Waals surface area contributed by atoms with E-state index in [1.54, 1.807) is 72.8 Å². The van der Waals surface area contributed by atoms with E-state index < -0.39 is 18.0 Å². The largest absolute Gasteiger partial charge is 0.494 e. The second-order valence-electron chi connectivity index (χ2n) is 8.00. The van der Waals surface area contributed by atoms with Gasteiger partial charge in [-0.3, -0.25) is 14.4 Å². The highest BCUT2D eigenvalue weighted by molar-refractivity contribution is 5.99. The van der Waals surface area contributed by atoms with Crippen molar-refractivity contribution in [2.75, 3.05) is 18.5 Å². The van der Waals surface area contributed by atoms with Crippen LogP contribution < -0.4 is 14.8 Å². The Hall–Kier alpha value is -4.13. The van der Waals surface area contributed by atoms with Crippen molar-refractivity contribution in [2.24, 2.45) is 0 Å². The molecule has 0 saturated heterocycles. The van der Waals surface area contributed by atoms with Gasteiger partial charge in [-0.15, -0.1) is 0 Å². The Morgan fingerprint density at radius 3 is 2.19 bits per heavy atom. The van der Waals surface area contributed by atoms with Gasteiger partial charge in [0.1, 0.15) is 11.5 Å². The number of rotatable bonds is 13. The summed E-state index contributed by atoms with van der Waals surface area (Å²) in [6, 6.07) is 22.6. The minimum Gasteiger partial charge on any atom is -0.494 e. The van der Waals surface area contributed by atoms with E-state index in [1.165, 1.54) is 0 Å². The maximum atomic E-state index is 13.1. The molecule has 0 saturated carbocycles. The number of Topliss-reactive ketones (excluding diaryl/α,β-unsaturated/α-hetero) is 1. The molecule has 0 aliphatic rings. The Morgan fingerprint density at radius 2 is 1.50 bits per heavy atom. The Morgan fingerprint density at radius 1 is 0.806 bits per heavy atom. The lowest BCUT2D eigenvalue weighted by Gasteiger charge is -2.19. The second-order valence-corrected chi connectivity index (χ2v) is 8.00. The summed E-state index contributed by atoms with van der Waals surface area (Å²) >= 11 is 0. The van der Waals surface area contributed by atoms with Crippen LogP contribution in [0.5, 0.6) is 11.5 Å². The van der Waals surface area contributed by atoms with Gasteiger partial charge in [-0.05, 0) is 49.7 Å². The first-order valence-electron chi connectivity index (χ1n) is 12.0. The van der Waals surface area contributed by atoms with Crippen LogP contribution in [-0.2, 0) is 14.3 Å². The topological polar surface area (TPSA) is 90.9 Å². The number of esters is 1. The number of ketones is 1. The summed E-state index contributed by atoms with van der Waals surface area (Å²) in [5.74, 6) is -0.150. The minimum atomic E-state index is -1.18. The fourth-order valence-electron chi connectivity index (χ4n) is 3.46. The molecule has 0 radical (unpaired) electrons. The lowest BCUT2D eigenvalue weighted by atomic mass is 10.1. The molecule has 1 amide bonds. The van der Waals surface area contributed by atoms with Crippen LogP contribution in [0, 0.1) is 0 Å². The number of ether oxygens (including phenoxy) is 3. The summed E-state index contributed by atoms with van der Waals surface area (Å²) in [6.45, 7) is 4.91. The molecular weight excluding hydrogens is 458 g/mol. The third-order valence-electron chi connectivity index (χ3n) is 5.24. The number of nitrogens with one attached hydrogen (secondary N) is 1. The number of carbonyl (C=O) groups is 3. The molecule has 0 aromatic heterocycles. The van der Waals surface area contributed by atoms with Crippen molar-refractivity contribution in [3.05, 3.63) is 90.0 Å². The normalized spacial score (nSPS) is 11.3. The molecule has 3 aromatic rings. The first-order chi connectivity index (χ1) is 17.5. The van der Waals surface area contributed by atoms with Gasteiger partial charge in [-0.1, -0.05) is 49.4 Å². The maximum absolute atomic E-state index is 13.1. The van der Waals surface area contributed by atoms with Crippen molar-refractivity contribution >= 4 is 23.3 Å². The highest BCUT2D eigenvalue weighted by atomic mass is 16.5. The third kappa shape index (κ3) is 7.70. The standard InChI is InChI=1S/C29H31NO6/c1-3-20-35-23-16-14-21(15-17-23)25(31)18-19-27(32)36-28(22-10-6-5-7-11-22)29(33)30-24-12-8-9-13-26(24)34-4-2/h5-17,28H,3-4,18-20H2,1-2H3,(H,30,33). The van der Waals surface area contributed by atoms with E-state index >= 15 is 0 Å². The zero-order valence-electron chi connectivity index (χ0n) is 20.6. The molecule has 188 valence electrons. The Labute approximate surface area is 211 Å². The van der Waals surface area contributed by atoms with Gasteiger partial charge < -0.3 is 19.5 Å². The maximum Gasteiger partial charge on any atom is 0.307 e. The second kappa shape index (κ2) is 13.7. The van der Waals surface area contributed by atoms with Crippen LogP contribution in [0.3, 0.4) is 0 Å². The molecule has 0 aliphatic heterocycles. The van der Waals surface area contributed by atoms with Gasteiger partial charge in [0, 0.05) is 17.5 Å². The quantitative estimate of drug-likeness (QED) is 0.242. The van der Waals surface area contributed by atoms with Crippen molar-refractivity contribution < 1.29 is 28.6 Å². The van der Waals surface area contributed by atoms with E-state index in [0.717, 1.165) is 6.42 Å². The van der Waals surface area contributed by atoms with E-state index in [4.69, 9.17) is 14.2 Å². The number of benzene rings is 3. The van der Waals surface area contributed by atoms with Crippen LogP contribution in [0.25, 0.3) is 0 Å². The van der Waals surface area contributed by atoms with Gasteiger partial charge in [-0.2, -0.15) is 0 Å². The zero-order valence-corrected chi connectivity index (χ0v) is 20.6. The lowest BCUT2D eigenvalue weighted by molar-refractivity contribution is -0.154. The van der Waals surface area contributed by atoms with Gasteiger partial charge in [0.2, 0.25) is 6.10 Å². The third-order valence-corrected chi connectivity index (χ3v) is 5.24. The Bertz CT molecular complexity index is 1140. The van der Waals surface area contributed by atoms with Gasteiger partial charge in [0.15, 0.2) is 5.78 Å². The van der Waals surface area contributed by atoms with E-state index in [-0.39, 0.29) is 18.6 Å². The van der Waals surface area contributed by atoms with Crippen molar-refractivity contribution in [3.63, 3.8) is 0 Å². The number of carbonyl (C=O) groups excluding carboxylic acids is 3. The van der Waals surface area contributed by atoms with Gasteiger partial charge in [0.05, 0.1) is 25.3 Å². The van der Waals surface area contributed by atoms with Crippen molar-refractivity contribution in [1.82, 2.24) is 0 Å². The summed E-state index contributed by atoms with van der Waals surface area (Å²) in [5, 5.41) is 2.79. The lowest BCUT2D eigenvalue weighted by Crippen LogP contribution is -2.26. The van der Waals surface area contributed by atoms with E-state index in [2.05, 4.69) is 5.32 Å². The van der Waals surface area contributed by atoms with Crippen molar-refractivity contribution in [2.45, 2.75) is 39.2 Å². The summed E-state index contributed by atoms with van der Waals surface area (Å²) in [4.78, 5) is 38.4. The van der Waals surface area contributed by atoms with Crippen LogP contribution in [0.2, 0.25) is 0 Å². The first kappa shape index (κ1) is 26.5. The summed E-state index contributed by atoms with van der Waals surface area (Å²) < 4.78 is 16.7. The molecule has 1 N–H and O–H groups in total. The average Bonchev–Trinajstić information content (AvgIpc) is 2.91. The van der Waals surface area contributed by atoms with Crippen LogP contribution in [0.1, 0.15) is 55.1 Å². The summed E-state index contributed by atoms with van der Waals surface area (Å²) in [5.41, 5.74) is 1.48. The van der Waals surface area contributed by atoms with Crippen LogP contribution in [0.4, 0.5) is 5.69 Å². The fourth-order valence-corrected chi connectivity index (χ4v) is 3.46. The number of para-hydroxylation sites is 2. The van der Waals surface area contributed by atoms with Crippen LogP contribution >= 0.6 is 0 Å². The molecule has 0 fully saturated rings. The van der Waals surface area contributed by atoms with Crippen LogP contribution in [0.15, 0.2) is 78.9 Å². The molecule has 36 heavy (non-hydrogen) atoms. The SMILES string of the molecule is CCCOc1ccc(C(=O)CCC(=O)OC(C(=O)Nc2ccccc2OCC)c2ccccc2)cc1. The molecule has 0 bridgehead atoms. The zero-order chi connectivity index (χ0) is 25.8. The van der Waals surface area contributed by atoms with E-state index in [0.29, 0.717) is 41.5 Å². The van der Waals surface area contributed by atoms with Crippen LogP contribution in [-0.4, -0.2) is 30.9 Å². The highest BCUT2D eigenvalue weighted by Crippen LogP contribution is 2.27. The van der Waals surface area contributed by atoms with E-state index in [9.17, 15) is 14.4 Å². The average molecular weight is 490 g/mol. The molecule has 1 unspecified atom stereocenters. The molecule has 3 rings (SSSR count). The number of hydrogen-bond acceptors (Lipinski definition) is 6. The Balaban J connectivity index is 1.64. The molecule has 0 heterocycles. The highest BCUT2D eigenvalue weighted by Gasteiger charge is 2.26. The predicted octanol–water partition coefficient (Wildman–Crippen LogP) is 5.76. The summed E-state index contributed by atoms with van der Waals surface area (Å²) in [7, 11) is 0. The summed E-state index contributed by atoms with van der Waals surface area (Å²) in [6.07, 6.45) is -0.480. The number of amides is 1. The van der Waals surface area contributed by atoms with Gasteiger partial charge in [0.25, 0.3) is 5.91 Å². The molecule has 7 nitrogen and oxygen atoms in total. The number of hydrogen-bond donors (Lipinski definition) is 1. The first-order valence-corrected chi connectivity index (χ1v) is 12.0. The fraction of sp³-hybridized carbons (Fsp3) is 0.276. The number of anilines is 1. The van der Waals surface area contributed by atoms with Crippen molar-refractivity contribution in [3.8, 4) is 11.5 Å². The van der Waals surface area contributed by atoms with E-state index in [1.807, 2.05) is 19.9 Å². The molecule has 0 spiro atoms. The molecule has 7 heteroatoms. The predicted molar refractivity (Wildman–Crippen MR) is 137 cm³/mol. The molecule has 0 aliphatic carbocycles. The minimum absolute atomic E-state index is 0.0374.